The summed E-state index contributed by atoms with van der Waals surface area (Å²) in [5.74, 6) is 0. The summed E-state index contributed by atoms with van der Waals surface area (Å²) >= 11 is 0. The Hall–Kier alpha value is -0.370. The van der Waals surface area contributed by atoms with Gasteiger partial charge in [-0.25, -0.2) is 4.39 Å². The van der Waals surface area contributed by atoms with E-state index in [0.29, 0.717) is 13.2 Å². The highest BCUT2D eigenvalue weighted by Crippen LogP contribution is 2.23. The van der Waals surface area contributed by atoms with Crippen LogP contribution < -0.4 is 0 Å². The number of rotatable bonds is 5. The Bertz CT molecular complexity index is 139. The molecule has 0 aromatic heterocycles. The minimum Gasteiger partial charge on any atom is -0.377 e. The van der Waals surface area contributed by atoms with E-state index >= 15 is 0 Å². The van der Waals surface area contributed by atoms with E-state index in [0.717, 1.165) is 0 Å². The van der Waals surface area contributed by atoms with Crippen molar-refractivity contribution in [2.24, 2.45) is 5.41 Å². The van der Waals surface area contributed by atoms with Crippen LogP contribution in [0.3, 0.4) is 0 Å². The Kier molecular flexibility index (Phi) is 5.14. The number of ether oxygens (including phenoxy) is 1. The van der Waals surface area contributed by atoms with Gasteiger partial charge < -0.3 is 4.74 Å². The van der Waals surface area contributed by atoms with Crippen molar-refractivity contribution in [1.29, 1.82) is 0 Å². The topological polar surface area (TPSA) is 9.23 Å². The van der Waals surface area contributed by atoms with E-state index in [1.54, 1.807) is 6.92 Å². The zero-order chi connectivity index (χ0) is 9.61. The second kappa shape index (κ2) is 5.31. The summed E-state index contributed by atoms with van der Waals surface area (Å²) in [5.41, 5.74) is -0.373. The van der Waals surface area contributed by atoms with Crippen LogP contribution in [-0.4, -0.2) is 19.4 Å². The molecule has 0 fully saturated rings. The van der Waals surface area contributed by atoms with Gasteiger partial charge in [0.2, 0.25) is 0 Å². The van der Waals surface area contributed by atoms with E-state index in [9.17, 15) is 4.39 Å². The first kappa shape index (κ1) is 11.6. The molecular formula is C10H19FO. The highest BCUT2D eigenvalue weighted by molar-refractivity contribution is 4.78. The van der Waals surface area contributed by atoms with Gasteiger partial charge in [-0.15, -0.1) is 0 Å². The fourth-order valence-corrected chi connectivity index (χ4v) is 0.601. The van der Waals surface area contributed by atoms with Gasteiger partial charge in [-0.1, -0.05) is 26.0 Å². The van der Waals surface area contributed by atoms with E-state index in [4.69, 9.17) is 4.74 Å². The molecule has 0 amide bonds. The molecule has 0 N–H and O–H groups in total. The summed E-state index contributed by atoms with van der Waals surface area (Å²) in [5, 5.41) is 0. The number of allylic oxidation sites excluding steroid dienone is 1. The van der Waals surface area contributed by atoms with E-state index < -0.39 is 6.17 Å². The van der Waals surface area contributed by atoms with Crippen LogP contribution >= 0.6 is 0 Å². The molecule has 0 saturated heterocycles. The van der Waals surface area contributed by atoms with Gasteiger partial charge in [0.25, 0.3) is 0 Å². The van der Waals surface area contributed by atoms with Crippen LogP contribution in [0.25, 0.3) is 0 Å². The van der Waals surface area contributed by atoms with Gasteiger partial charge in [-0.3, -0.25) is 0 Å². The van der Waals surface area contributed by atoms with Gasteiger partial charge in [0.05, 0.1) is 13.2 Å². The smallest absolute Gasteiger partial charge is 0.105 e. The predicted molar refractivity (Wildman–Crippen MR) is 50.0 cm³/mol. The van der Waals surface area contributed by atoms with E-state index in [-0.39, 0.29) is 5.41 Å². The third-order valence-electron chi connectivity index (χ3n) is 2.00. The highest BCUT2D eigenvalue weighted by atomic mass is 19.1. The van der Waals surface area contributed by atoms with Crippen LogP contribution in [0.15, 0.2) is 12.2 Å². The molecule has 0 radical (unpaired) electrons. The summed E-state index contributed by atoms with van der Waals surface area (Å²) in [6.07, 6.45) is 3.01. The van der Waals surface area contributed by atoms with E-state index in [1.165, 1.54) is 0 Å². The maximum Gasteiger partial charge on any atom is 0.105 e. The number of alkyl halides is 1. The molecule has 0 aliphatic rings. The first-order valence-corrected chi connectivity index (χ1v) is 4.33. The first-order valence-electron chi connectivity index (χ1n) is 4.33. The molecule has 0 heterocycles. The Morgan fingerprint density at radius 2 is 2.08 bits per heavy atom. The Morgan fingerprint density at radius 1 is 1.50 bits per heavy atom. The van der Waals surface area contributed by atoms with Crippen molar-refractivity contribution in [2.45, 2.75) is 33.9 Å². The third-order valence-corrected chi connectivity index (χ3v) is 2.00. The zero-order valence-electron chi connectivity index (χ0n) is 8.43. The maximum absolute atomic E-state index is 12.9. The van der Waals surface area contributed by atoms with E-state index in [1.807, 2.05) is 32.9 Å². The minimum absolute atomic E-state index is 0.373. The second-order valence-corrected chi connectivity index (χ2v) is 3.69. The molecule has 72 valence electrons. The fraction of sp³-hybridized carbons (Fsp3) is 0.800. The van der Waals surface area contributed by atoms with Gasteiger partial charge in [0, 0.05) is 5.41 Å². The summed E-state index contributed by atoms with van der Waals surface area (Å²) in [6, 6.07) is 0. The number of halogens is 1. The lowest BCUT2D eigenvalue weighted by atomic mass is 9.90. The van der Waals surface area contributed by atoms with Crippen molar-refractivity contribution < 1.29 is 9.13 Å². The lowest BCUT2D eigenvalue weighted by Gasteiger charge is -2.25. The van der Waals surface area contributed by atoms with Crippen molar-refractivity contribution in [3.63, 3.8) is 0 Å². The molecule has 0 bridgehead atoms. The molecule has 0 spiro atoms. The summed E-state index contributed by atoms with van der Waals surface area (Å²) in [6.45, 7) is 8.29. The van der Waals surface area contributed by atoms with Crippen LogP contribution in [0.5, 0.6) is 0 Å². The van der Waals surface area contributed by atoms with Crippen molar-refractivity contribution in [3.05, 3.63) is 12.2 Å². The third kappa shape index (κ3) is 4.50. The van der Waals surface area contributed by atoms with Gasteiger partial charge in [-0.05, 0) is 13.8 Å². The highest BCUT2D eigenvalue weighted by Gasteiger charge is 2.25. The lowest BCUT2D eigenvalue weighted by molar-refractivity contribution is 0.0321. The molecule has 0 aliphatic carbocycles. The molecule has 1 nitrogen and oxygen atoms in total. The van der Waals surface area contributed by atoms with Gasteiger partial charge in [0.15, 0.2) is 0 Å². The molecule has 0 rings (SSSR count). The molecule has 1 atom stereocenters. The summed E-state index contributed by atoms with van der Waals surface area (Å²) < 4.78 is 18.2. The van der Waals surface area contributed by atoms with Crippen molar-refractivity contribution in [3.8, 4) is 0 Å². The molecule has 0 saturated carbocycles. The zero-order valence-corrected chi connectivity index (χ0v) is 8.43. The van der Waals surface area contributed by atoms with Crippen LogP contribution in [0, 0.1) is 5.41 Å². The Morgan fingerprint density at radius 3 is 2.50 bits per heavy atom. The molecule has 0 aromatic carbocycles. The molecule has 12 heavy (non-hydrogen) atoms. The fourth-order valence-electron chi connectivity index (χ4n) is 0.601. The van der Waals surface area contributed by atoms with Crippen molar-refractivity contribution in [1.82, 2.24) is 0 Å². The molecule has 0 aliphatic heterocycles. The molecule has 1 unspecified atom stereocenters. The normalized spacial score (nSPS) is 15.4. The second-order valence-electron chi connectivity index (χ2n) is 3.69. The molecule has 2 heteroatoms. The molecule has 0 aromatic rings. The van der Waals surface area contributed by atoms with Crippen molar-refractivity contribution >= 4 is 0 Å². The van der Waals surface area contributed by atoms with Crippen LogP contribution in [0.1, 0.15) is 27.7 Å². The van der Waals surface area contributed by atoms with Crippen molar-refractivity contribution in [2.75, 3.05) is 13.2 Å². The molecular weight excluding hydrogens is 155 g/mol. The minimum atomic E-state index is -0.830. The van der Waals surface area contributed by atoms with Crippen LogP contribution in [-0.2, 0) is 4.74 Å². The quantitative estimate of drug-likeness (QED) is 0.460. The van der Waals surface area contributed by atoms with Crippen LogP contribution in [0.4, 0.5) is 4.39 Å². The van der Waals surface area contributed by atoms with Gasteiger partial charge in [-0.2, -0.15) is 0 Å². The Labute approximate surface area is 74.6 Å². The summed E-state index contributed by atoms with van der Waals surface area (Å²) in [7, 11) is 0. The van der Waals surface area contributed by atoms with Gasteiger partial charge in [0.1, 0.15) is 6.17 Å². The maximum atomic E-state index is 12.9. The van der Waals surface area contributed by atoms with Gasteiger partial charge >= 0.3 is 0 Å². The monoisotopic (exact) mass is 174 g/mol. The van der Waals surface area contributed by atoms with E-state index in [2.05, 4.69) is 0 Å². The van der Waals surface area contributed by atoms with Crippen LogP contribution in [0.2, 0.25) is 0 Å². The number of hydrogen-bond acceptors (Lipinski definition) is 1. The summed E-state index contributed by atoms with van der Waals surface area (Å²) in [4.78, 5) is 0. The average Bonchev–Trinajstić information content (AvgIpc) is 1.98. The Balaban J connectivity index is 3.61. The standard InChI is InChI=1S/C10H19FO/c1-5-6-7-12-8-10(3,4)9(2)11/h5-6,9H,7-8H2,1-4H3/b6-5+. The number of hydrogen-bond donors (Lipinski definition) is 0. The SMILES string of the molecule is C/C=C/COCC(C)(C)C(C)F. The lowest BCUT2D eigenvalue weighted by Crippen LogP contribution is -2.28. The average molecular weight is 174 g/mol. The predicted octanol–water partition coefficient (Wildman–Crippen LogP) is 2.96. The first-order chi connectivity index (χ1) is 5.50. The largest absolute Gasteiger partial charge is 0.377 e.